The number of para-hydroxylation sites is 1. The monoisotopic (exact) mass is 437 g/mol. The molecule has 32 heavy (non-hydrogen) atoms. The second-order valence-electron chi connectivity index (χ2n) is 7.87. The number of urea groups is 1. The number of aryl methyl sites for hydroxylation is 1. The summed E-state index contributed by atoms with van der Waals surface area (Å²) in [5.74, 6) is 1.46. The summed E-state index contributed by atoms with van der Waals surface area (Å²) in [6.07, 6.45) is 0. The summed E-state index contributed by atoms with van der Waals surface area (Å²) >= 11 is 0. The highest BCUT2D eigenvalue weighted by molar-refractivity contribution is 5.95. The van der Waals surface area contributed by atoms with Crippen LogP contribution in [0.2, 0.25) is 0 Å². The van der Waals surface area contributed by atoms with Crippen LogP contribution in [-0.2, 0) is 9.53 Å². The van der Waals surface area contributed by atoms with Crippen LogP contribution in [0.25, 0.3) is 11.0 Å². The summed E-state index contributed by atoms with van der Waals surface area (Å²) in [6, 6.07) is 12.1. The number of carbonyl (C=O) groups is 2. The molecule has 0 radical (unpaired) electrons. The summed E-state index contributed by atoms with van der Waals surface area (Å²) in [5.41, 5.74) is 1.61. The first-order chi connectivity index (χ1) is 15.4. The Hall–Kier alpha value is -3.52. The van der Waals surface area contributed by atoms with E-state index in [-0.39, 0.29) is 12.6 Å². The molecule has 0 fully saturated rings. The summed E-state index contributed by atoms with van der Waals surface area (Å²) in [5, 5.41) is 6.59. The number of furan rings is 2. The van der Waals surface area contributed by atoms with E-state index in [1.807, 2.05) is 56.1 Å². The van der Waals surface area contributed by atoms with E-state index >= 15 is 0 Å². The van der Waals surface area contributed by atoms with Crippen LogP contribution in [0.4, 0.5) is 4.79 Å². The van der Waals surface area contributed by atoms with Crippen molar-refractivity contribution >= 4 is 23.0 Å². The van der Waals surface area contributed by atoms with Crippen molar-refractivity contribution in [3.63, 3.8) is 0 Å². The summed E-state index contributed by atoms with van der Waals surface area (Å²) < 4.78 is 17.0. The molecule has 2 N–H and O–H groups in total. The van der Waals surface area contributed by atoms with Crippen LogP contribution in [0.5, 0.6) is 0 Å². The van der Waals surface area contributed by atoms with Crippen molar-refractivity contribution in [1.82, 2.24) is 15.5 Å². The molecular weight excluding hydrogens is 410 g/mol. The number of amides is 2. The smallest absolute Gasteiger partial charge is 0.338 e. The lowest BCUT2D eigenvalue weighted by atomic mass is 9.99. The maximum absolute atomic E-state index is 12.9. The predicted octanol–water partition coefficient (Wildman–Crippen LogP) is 4.20. The normalized spacial score (nSPS) is 17.4. The number of ether oxygens (including phenoxy) is 1. The number of nitrogens with one attached hydrogen (secondary N) is 2. The molecule has 2 aromatic heterocycles. The van der Waals surface area contributed by atoms with E-state index in [0.717, 1.165) is 16.7 Å². The summed E-state index contributed by atoms with van der Waals surface area (Å²) in [6.45, 7) is 6.09. The van der Waals surface area contributed by atoms with Crippen LogP contribution < -0.4 is 10.6 Å². The van der Waals surface area contributed by atoms with Gasteiger partial charge in [-0.25, -0.2) is 9.59 Å². The number of rotatable bonds is 7. The fraction of sp³-hybridized carbons (Fsp3) is 0.333. The van der Waals surface area contributed by atoms with Crippen molar-refractivity contribution in [1.29, 1.82) is 0 Å². The third-order valence-electron chi connectivity index (χ3n) is 5.62. The predicted molar refractivity (Wildman–Crippen MR) is 119 cm³/mol. The van der Waals surface area contributed by atoms with Gasteiger partial charge in [0.15, 0.2) is 0 Å². The van der Waals surface area contributed by atoms with Crippen molar-refractivity contribution in [2.75, 3.05) is 20.2 Å². The Kier molecular flexibility index (Phi) is 6.05. The highest BCUT2D eigenvalue weighted by Crippen LogP contribution is 2.31. The van der Waals surface area contributed by atoms with Crippen LogP contribution in [0, 0.1) is 6.92 Å². The molecule has 0 unspecified atom stereocenters. The number of fused-ring (bicyclic) bond motifs is 1. The van der Waals surface area contributed by atoms with Crippen molar-refractivity contribution in [2.45, 2.75) is 32.9 Å². The van der Waals surface area contributed by atoms with E-state index in [4.69, 9.17) is 13.6 Å². The molecule has 0 saturated carbocycles. The Morgan fingerprint density at radius 2 is 2.00 bits per heavy atom. The van der Waals surface area contributed by atoms with Crippen molar-refractivity contribution in [3.8, 4) is 0 Å². The molecule has 2 atom stereocenters. The second kappa shape index (κ2) is 8.92. The molecule has 1 aromatic carbocycles. The van der Waals surface area contributed by atoms with Crippen molar-refractivity contribution in [3.05, 3.63) is 71.0 Å². The lowest BCUT2D eigenvalue weighted by Crippen LogP contribution is -2.48. The maximum atomic E-state index is 12.9. The lowest BCUT2D eigenvalue weighted by Gasteiger charge is -2.31. The molecule has 1 aliphatic rings. The molecule has 0 aliphatic carbocycles. The second-order valence-corrected chi connectivity index (χ2v) is 7.87. The minimum Gasteiger partial charge on any atom is -0.464 e. The molecule has 4 rings (SSSR count). The van der Waals surface area contributed by atoms with Crippen LogP contribution in [0.3, 0.4) is 0 Å². The zero-order chi connectivity index (χ0) is 22.8. The van der Waals surface area contributed by atoms with Gasteiger partial charge in [-0.3, -0.25) is 4.90 Å². The van der Waals surface area contributed by atoms with Gasteiger partial charge in [-0.15, -0.1) is 0 Å². The van der Waals surface area contributed by atoms with Crippen molar-refractivity contribution in [2.24, 2.45) is 0 Å². The standard InChI is InChI=1S/C24H27N3O5/c1-5-30-23(28)21-17(25-24(29)26-22(21)19-11-10-14(2)31-19)13-27(4)15(3)20-12-16-8-6-7-9-18(16)32-20/h6-12,15,22H,5,13H2,1-4H3,(H2,25,26,29)/t15-,22+/m1/s1. The fourth-order valence-corrected chi connectivity index (χ4v) is 3.83. The molecule has 1 aliphatic heterocycles. The number of hydrogen-bond acceptors (Lipinski definition) is 6. The number of nitrogens with zero attached hydrogens (tertiary/aromatic N) is 1. The minimum absolute atomic E-state index is 0.102. The minimum atomic E-state index is -0.735. The van der Waals surface area contributed by atoms with E-state index in [1.54, 1.807) is 19.1 Å². The zero-order valence-electron chi connectivity index (χ0n) is 18.6. The van der Waals surface area contributed by atoms with Gasteiger partial charge in [-0.2, -0.15) is 0 Å². The van der Waals surface area contributed by atoms with E-state index in [0.29, 0.717) is 29.3 Å². The first-order valence-electron chi connectivity index (χ1n) is 10.6. The van der Waals surface area contributed by atoms with Crippen LogP contribution in [0.1, 0.15) is 43.2 Å². The van der Waals surface area contributed by atoms with Gasteiger partial charge in [0.1, 0.15) is 28.9 Å². The third-order valence-corrected chi connectivity index (χ3v) is 5.62. The SMILES string of the molecule is CCOC(=O)C1=C(CN(C)[C@H](C)c2cc3ccccc3o2)NC(=O)N[C@H]1c1ccc(C)o1. The number of carbonyl (C=O) groups excluding carboxylic acids is 2. The van der Waals surface area contributed by atoms with E-state index in [9.17, 15) is 9.59 Å². The Labute approximate surface area is 186 Å². The van der Waals surface area contributed by atoms with Crippen LogP contribution in [-0.4, -0.2) is 37.1 Å². The van der Waals surface area contributed by atoms with E-state index < -0.39 is 18.0 Å². The Morgan fingerprint density at radius 3 is 2.69 bits per heavy atom. The number of likely N-dealkylation sites (N-methyl/N-ethyl adjacent to an activating group) is 1. The van der Waals surface area contributed by atoms with E-state index in [1.165, 1.54) is 0 Å². The molecule has 0 bridgehead atoms. The molecule has 0 saturated heterocycles. The van der Waals surface area contributed by atoms with Gasteiger partial charge in [-0.05, 0) is 52.1 Å². The van der Waals surface area contributed by atoms with Gasteiger partial charge in [0, 0.05) is 17.6 Å². The summed E-state index contributed by atoms with van der Waals surface area (Å²) in [4.78, 5) is 27.3. The van der Waals surface area contributed by atoms with Crippen LogP contribution >= 0.6 is 0 Å². The van der Waals surface area contributed by atoms with Gasteiger partial charge in [0.05, 0.1) is 18.2 Å². The van der Waals surface area contributed by atoms with Crippen LogP contribution in [0.15, 0.2) is 62.6 Å². The number of benzene rings is 1. The Bertz CT molecular complexity index is 1140. The number of hydrogen-bond donors (Lipinski definition) is 2. The average Bonchev–Trinajstić information content (AvgIpc) is 3.39. The fourth-order valence-electron chi connectivity index (χ4n) is 3.83. The molecule has 3 heterocycles. The largest absolute Gasteiger partial charge is 0.464 e. The molecule has 8 nitrogen and oxygen atoms in total. The van der Waals surface area contributed by atoms with Crippen molar-refractivity contribution < 1.29 is 23.2 Å². The zero-order valence-corrected chi connectivity index (χ0v) is 18.6. The lowest BCUT2D eigenvalue weighted by molar-refractivity contribution is -0.139. The van der Waals surface area contributed by atoms with Gasteiger partial charge in [-0.1, -0.05) is 18.2 Å². The van der Waals surface area contributed by atoms with Gasteiger partial charge in [0.2, 0.25) is 0 Å². The van der Waals surface area contributed by atoms with Gasteiger partial charge < -0.3 is 24.2 Å². The highest BCUT2D eigenvalue weighted by atomic mass is 16.5. The topological polar surface area (TPSA) is 97.0 Å². The highest BCUT2D eigenvalue weighted by Gasteiger charge is 2.36. The summed E-state index contributed by atoms with van der Waals surface area (Å²) in [7, 11) is 1.91. The first kappa shape index (κ1) is 21.7. The molecule has 2 amide bonds. The van der Waals surface area contributed by atoms with Gasteiger partial charge in [0.25, 0.3) is 0 Å². The molecule has 3 aromatic rings. The Morgan fingerprint density at radius 1 is 1.22 bits per heavy atom. The molecule has 168 valence electrons. The number of esters is 1. The third kappa shape index (κ3) is 4.27. The average molecular weight is 437 g/mol. The Balaban J connectivity index is 1.66. The van der Waals surface area contributed by atoms with E-state index in [2.05, 4.69) is 10.6 Å². The van der Waals surface area contributed by atoms with Gasteiger partial charge >= 0.3 is 12.0 Å². The molecule has 0 spiro atoms. The molecular formula is C24H27N3O5. The quantitative estimate of drug-likeness (QED) is 0.538. The molecule has 8 heteroatoms. The maximum Gasteiger partial charge on any atom is 0.338 e. The first-order valence-corrected chi connectivity index (χ1v) is 10.6.